The summed E-state index contributed by atoms with van der Waals surface area (Å²) in [6.45, 7) is 4.17. The number of ether oxygens (including phenoxy) is 3. The first kappa shape index (κ1) is 25.1. The van der Waals surface area contributed by atoms with Crippen molar-refractivity contribution in [2.75, 3.05) is 14.2 Å². The molecule has 0 saturated carbocycles. The fourth-order valence-electron chi connectivity index (χ4n) is 4.16. The van der Waals surface area contributed by atoms with Crippen LogP contribution >= 0.6 is 22.7 Å². The second-order valence-electron chi connectivity index (χ2n) is 8.74. The molecule has 6 rings (SSSR count). The Morgan fingerprint density at radius 1 is 1.05 bits per heavy atom. The highest BCUT2D eigenvalue weighted by Crippen LogP contribution is 2.38. The monoisotopic (exact) mass is 560 g/mol. The Labute approximate surface area is 231 Å². The Bertz CT molecular complexity index is 1780. The molecule has 0 atom stereocenters. The summed E-state index contributed by atoms with van der Waals surface area (Å²) >= 11 is 2.95. The highest BCUT2D eigenvalue weighted by atomic mass is 32.1. The second-order valence-corrected chi connectivity index (χ2v) is 10.9. The van der Waals surface area contributed by atoms with Crippen molar-refractivity contribution in [2.45, 2.75) is 26.9 Å². The maximum atomic E-state index is 12.0. The number of Topliss-reactive ketones (excluding diaryl/α,β-unsaturated/α-hetero) is 1. The van der Waals surface area contributed by atoms with Crippen LogP contribution in [0.4, 0.5) is 0 Å². The van der Waals surface area contributed by atoms with Gasteiger partial charge in [0.15, 0.2) is 11.5 Å². The van der Waals surface area contributed by atoms with Gasteiger partial charge in [-0.2, -0.15) is 0 Å². The normalized spacial score (nSPS) is 11.4. The third-order valence-electron chi connectivity index (χ3n) is 6.29. The van der Waals surface area contributed by atoms with E-state index in [1.54, 1.807) is 36.3 Å². The lowest BCUT2D eigenvalue weighted by Gasteiger charge is -2.08. The van der Waals surface area contributed by atoms with E-state index >= 15 is 0 Å². The number of hydrogen-bond acceptors (Lipinski definition) is 10. The molecule has 0 saturated heterocycles. The molecule has 0 bridgehead atoms. The van der Waals surface area contributed by atoms with Gasteiger partial charge in [0.1, 0.15) is 34.4 Å². The van der Waals surface area contributed by atoms with Gasteiger partial charge in [-0.05, 0) is 24.3 Å². The van der Waals surface area contributed by atoms with E-state index in [0.29, 0.717) is 50.7 Å². The standard InChI is InChI=1S/C28H24N4O5S2/c1-5-22(33)16-6-8-17(9-7-16)26-29-21(15(2)38-26)14-36-23-10-18(34-3)11-24-19(23)12-25(37-24)20-13-32-27(30-20)39-28(31-32)35-4/h6-13H,5,14H2,1-4H3. The van der Waals surface area contributed by atoms with E-state index in [4.69, 9.17) is 23.6 Å². The number of aryl methyl sites for hydroxylation is 1. The fourth-order valence-corrected chi connectivity index (χ4v) is 5.79. The first-order valence-corrected chi connectivity index (χ1v) is 13.8. The zero-order valence-corrected chi connectivity index (χ0v) is 23.3. The highest BCUT2D eigenvalue weighted by Gasteiger charge is 2.18. The molecular formula is C28H24N4O5S2. The average Bonchev–Trinajstić information content (AvgIpc) is 3.73. The Kier molecular flexibility index (Phi) is 6.53. The molecule has 0 N–H and O–H groups in total. The summed E-state index contributed by atoms with van der Waals surface area (Å²) in [7, 11) is 3.18. The molecular weight excluding hydrogens is 536 g/mol. The predicted molar refractivity (Wildman–Crippen MR) is 150 cm³/mol. The molecule has 0 aliphatic heterocycles. The molecule has 198 valence electrons. The fraction of sp³-hybridized carbons (Fsp3) is 0.214. The predicted octanol–water partition coefficient (Wildman–Crippen LogP) is 6.82. The van der Waals surface area contributed by atoms with Gasteiger partial charge in [-0.15, -0.1) is 16.4 Å². The van der Waals surface area contributed by atoms with Crippen LogP contribution in [0.3, 0.4) is 0 Å². The molecule has 0 aliphatic rings. The zero-order valence-electron chi connectivity index (χ0n) is 21.7. The summed E-state index contributed by atoms with van der Waals surface area (Å²) in [5, 5.41) is 6.56. The van der Waals surface area contributed by atoms with Gasteiger partial charge >= 0.3 is 0 Å². The van der Waals surface area contributed by atoms with Gasteiger partial charge < -0.3 is 18.6 Å². The highest BCUT2D eigenvalue weighted by molar-refractivity contribution is 7.18. The number of rotatable bonds is 9. The molecule has 6 aromatic rings. The summed E-state index contributed by atoms with van der Waals surface area (Å²) in [6.07, 6.45) is 2.29. The van der Waals surface area contributed by atoms with Crippen molar-refractivity contribution in [1.29, 1.82) is 0 Å². The number of methoxy groups -OCH3 is 2. The SMILES string of the molecule is CCC(=O)c1ccc(-c2nc(COc3cc(OC)cc4oc(-c5cn6nc(OC)sc6n5)cc34)c(C)s2)cc1. The molecule has 0 unspecified atom stereocenters. The third-order valence-corrected chi connectivity index (χ3v) is 8.24. The van der Waals surface area contributed by atoms with Gasteiger partial charge in [-0.1, -0.05) is 31.2 Å². The second kappa shape index (κ2) is 10.2. The average molecular weight is 561 g/mol. The lowest BCUT2D eigenvalue weighted by Crippen LogP contribution is -1.98. The largest absolute Gasteiger partial charge is 0.496 e. The number of carbonyl (C=O) groups excluding carboxylic acids is 1. The molecule has 11 heteroatoms. The third kappa shape index (κ3) is 4.75. The maximum Gasteiger partial charge on any atom is 0.294 e. The number of nitrogens with zero attached hydrogens (tertiary/aromatic N) is 4. The van der Waals surface area contributed by atoms with Gasteiger partial charge in [-0.25, -0.2) is 14.5 Å². The summed E-state index contributed by atoms with van der Waals surface area (Å²) in [4.78, 5) is 23.2. The number of hydrogen-bond donors (Lipinski definition) is 0. The van der Waals surface area contributed by atoms with Crippen LogP contribution in [0.1, 0.15) is 34.3 Å². The summed E-state index contributed by atoms with van der Waals surface area (Å²) in [6, 6.07) is 13.2. The van der Waals surface area contributed by atoms with Gasteiger partial charge in [0.05, 0.1) is 31.5 Å². The van der Waals surface area contributed by atoms with Crippen LogP contribution in [0.5, 0.6) is 16.7 Å². The molecule has 2 aromatic carbocycles. The number of fused-ring (bicyclic) bond motifs is 2. The van der Waals surface area contributed by atoms with E-state index in [-0.39, 0.29) is 12.4 Å². The van der Waals surface area contributed by atoms with Crippen molar-refractivity contribution in [3.63, 3.8) is 0 Å². The van der Waals surface area contributed by atoms with Crippen LogP contribution in [0.2, 0.25) is 0 Å². The number of carbonyl (C=O) groups is 1. The number of ketones is 1. The van der Waals surface area contributed by atoms with Crippen LogP contribution in [-0.4, -0.2) is 39.6 Å². The van der Waals surface area contributed by atoms with E-state index in [0.717, 1.165) is 26.5 Å². The van der Waals surface area contributed by atoms with Crippen molar-refractivity contribution in [1.82, 2.24) is 19.6 Å². The van der Waals surface area contributed by atoms with E-state index in [1.165, 1.54) is 11.3 Å². The molecule has 0 fully saturated rings. The number of imidazole rings is 1. The lowest BCUT2D eigenvalue weighted by atomic mass is 10.1. The minimum atomic E-state index is 0.127. The molecule has 39 heavy (non-hydrogen) atoms. The van der Waals surface area contributed by atoms with Crippen molar-refractivity contribution in [3.05, 3.63) is 64.8 Å². The van der Waals surface area contributed by atoms with E-state index in [2.05, 4.69) is 10.1 Å². The molecule has 0 aliphatic carbocycles. The number of furan rings is 1. The van der Waals surface area contributed by atoms with Crippen molar-refractivity contribution >= 4 is 44.4 Å². The summed E-state index contributed by atoms with van der Waals surface area (Å²) in [5.41, 5.74) is 3.81. The van der Waals surface area contributed by atoms with Gasteiger partial charge in [0, 0.05) is 34.6 Å². The number of aromatic nitrogens is 4. The van der Waals surface area contributed by atoms with Crippen LogP contribution in [0.15, 0.2) is 53.1 Å². The van der Waals surface area contributed by atoms with E-state index in [9.17, 15) is 4.79 Å². The van der Waals surface area contributed by atoms with Gasteiger partial charge in [0.2, 0.25) is 4.96 Å². The van der Waals surface area contributed by atoms with Crippen molar-refractivity contribution < 1.29 is 23.4 Å². The molecule has 9 nitrogen and oxygen atoms in total. The quantitative estimate of drug-likeness (QED) is 0.178. The Morgan fingerprint density at radius 2 is 1.87 bits per heavy atom. The van der Waals surface area contributed by atoms with Crippen LogP contribution < -0.4 is 14.2 Å². The van der Waals surface area contributed by atoms with Crippen molar-refractivity contribution in [3.8, 4) is 38.7 Å². The van der Waals surface area contributed by atoms with Gasteiger partial charge in [-0.3, -0.25) is 4.79 Å². The van der Waals surface area contributed by atoms with E-state index in [1.807, 2.05) is 56.3 Å². The molecule has 0 spiro atoms. The first-order chi connectivity index (χ1) is 18.9. The summed E-state index contributed by atoms with van der Waals surface area (Å²) in [5.74, 6) is 1.96. The first-order valence-electron chi connectivity index (χ1n) is 12.2. The zero-order chi connectivity index (χ0) is 27.1. The van der Waals surface area contributed by atoms with E-state index < -0.39 is 0 Å². The Hall–Kier alpha value is -4.22. The lowest BCUT2D eigenvalue weighted by molar-refractivity contribution is 0.0988. The molecule has 4 aromatic heterocycles. The van der Waals surface area contributed by atoms with Crippen LogP contribution in [0, 0.1) is 6.92 Å². The Balaban J connectivity index is 1.27. The topological polar surface area (TPSA) is 101 Å². The van der Waals surface area contributed by atoms with Crippen molar-refractivity contribution in [2.24, 2.45) is 0 Å². The Morgan fingerprint density at radius 3 is 2.59 bits per heavy atom. The molecule has 0 radical (unpaired) electrons. The van der Waals surface area contributed by atoms with Crippen LogP contribution in [-0.2, 0) is 6.61 Å². The minimum absolute atomic E-state index is 0.127. The molecule has 0 amide bonds. The van der Waals surface area contributed by atoms with Crippen LogP contribution in [0.25, 0.3) is 38.0 Å². The molecule has 4 heterocycles. The minimum Gasteiger partial charge on any atom is -0.496 e. The van der Waals surface area contributed by atoms with Gasteiger partial charge in [0.25, 0.3) is 5.19 Å². The smallest absolute Gasteiger partial charge is 0.294 e. The number of thiazole rings is 1. The maximum absolute atomic E-state index is 12.0. The number of benzene rings is 2. The summed E-state index contributed by atoms with van der Waals surface area (Å²) < 4.78 is 24.8.